The minimum Gasteiger partial charge on any atom is -0.456 e. The van der Waals surface area contributed by atoms with E-state index in [1.54, 1.807) is 0 Å². The van der Waals surface area contributed by atoms with Crippen LogP contribution in [0.4, 0.5) is 0 Å². The molecule has 0 unspecified atom stereocenters. The first-order valence-corrected chi connectivity index (χ1v) is 46.0. The van der Waals surface area contributed by atoms with Crippen molar-refractivity contribution in [3.63, 3.8) is 0 Å². The van der Waals surface area contributed by atoms with Gasteiger partial charge in [0.05, 0.1) is 0 Å². The molecular weight excluding hydrogens is 1600 g/mol. The van der Waals surface area contributed by atoms with E-state index in [0.29, 0.717) is 0 Å². The summed E-state index contributed by atoms with van der Waals surface area (Å²) in [5, 5.41) is 21.1. The standard InChI is InChI=1S/2C19H14S.3C13H10O.3C13H10S/c1-13-7-2-3-8-14(13)16-10-6-11-17-15-9-4-5-12-18(15)20-19(16)17;1-13-5-4-6-14(11-13)15-9-10-19-17(12-15)16-7-2-3-8-18(16)20-19;1-9-5-4-8-12-13(9)10-6-2-3-7-11(10)14-12;1-9-6-7-13-11(8-9)10-4-2-3-5-12(10)14-13;1-9-6-7-11-10-4-2-3-5-12(10)14-13(11)8-9;1-9-5-4-8-12-13(9)10-6-2-3-7-11(10)14-12;1-9-6-7-13-11(8-9)10-4-2-3-5-12(10)14-13;1-9-6-7-11-10-4-2-3-5-12(10)14-13(11)8-9/h2*2-12H,1H3;6*2-8H,1H3. The molecule has 0 aliphatic carbocycles. The van der Waals surface area contributed by atoms with Gasteiger partial charge in [-0.2, -0.15) is 0 Å². The van der Waals surface area contributed by atoms with Crippen LogP contribution in [0.25, 0.3) is 189 Å². The first kappa shape index (κ1) is 80.2. The predicted octanol–water partition coefficient (Wildman–Crippen LogP) is 36.8. The molecule has 0 fully saturated rings. The molecule has 0 N–H and O–H groups in total. The fourth-order valence-corrected chi connectivity index (χ4v) is 22.6. The molecule has 18 aromatic carbocycles. The van der Waals surface area contributed by atoms with Crippen molar-refractivity contribution in [1.82, 2.24) is 0 Å². The lowest BCUT2D eigenvalue weighted by molar-refractivity contribution is 0.668. The number of para-hydroxylation sites is 3. The van der Waals surface area contributed by atoms with Gasteiger partial charge in [0.2, 0.25) is 0 Å². The fourth-order valence-electron chi connectivity index (χ4n) is 16.8. The molecule has 26 aromatic rings. The molecule has 3 nitrogen and oxygen atoms in total. The maximum atomic E-state index is 5.73. The zero-order valence-electron chi connectivity index (χ0n) is 70.2. The second-order valence-corrected chi connectivity index (χ2v) is 37.1. The third kappa shape index (κ3) is 16.6. The molecule has 124 heavy (non-hydrogen) atoms. The SMILES string of the molecule is Cc1ccc2c(c1)oc1ccccc12.Cc1ccc2c(c1)sc1ccccc12.Cc1ccc2oc3ccccc3c2c1.Cc1ccc2sc3ccccc3c2c1.Cc1cccc(-c2ccc3sc4ccccc4c3c2)c1.Cc1cccc2oc3ccccc3c12.Cc1cccc2sc3ccccc3c12.Cc1ccccc1-c1cccc2c1sc1ccccc12. The number of furan rings is 3. The molecule has 0 atom stereocenters. The normalized spacial score (nSPS) is 11.2. The minimum absolute atomic E-state index is 0.966. The Kier molecular flexibility index (Phi) is 23.0. The zero-order valence-corrected chi connectivity index (χ0v) is 74.3. The average molecular weight is 1690 g/mol. The monoisotopic (exact) mass is 1690 g/mol. The van der Waals surface area contributed by atoms with Gasteiger partial charge in [-0.1, -0.05) is 296 Å². The van der Waals surface area contributed by atoms with Crippen LogP contribution in [-0.2, 0) is 0 Å². The summed E-state index contributed by atoms with van der Waals surface area (Å²) in [6.07, 6.45) is 0. The number of aryl methyl sites for hydroxylation is 8. The summed E-state index contributed by atoms with van der Waals surface area (Å²) >= 11 is 9.38. The van der Waals surface area contributed by atoms with Gasteiger partial charge in [0, 0.05) is 133 Å². The quantitative estimate of drug-likeness (QED) is 0.173. The summed E-state index contributed by atoms with van der Waals surface area (Å²) in [6, 6.07) is 137. The number of rotatable bonds is 2. The van der Waals surface area contributed by atoms with Gasteiger partial charge in [-0.3, -0.25) is 0 Å². The van der Waals surface area contributed by atoms with Crippen LogP contribution in [-0.4, -0.2) is 0 Å². The molecular formula is C116H88O3S5. The molecule has 600 valence electrons. The van der Waals surface area contributed by atoms with Crippen molar-refractivity contribution < 1.29 is 13.3 Å². The van der Waals surface area contributed by atoms with Gasteiger partial charge < -0.3 is 13.3 Å². The summed E-state index contributed by atoms with van der Waals surface area (Å²) in [6.45, 7) is 17.1. The Labute approximate surface area is 740 Å². The van der Waals surface area contributed by atoms with Crippen molar-refractivity contribution in [2.75, 3.05) is 0 Å². The summed E-state index contributed by atoms with van der Waals surface area (Å²) in [5.41, 5.74) is 21.6. The lowest BCUT2D eigenvalue weighted by atomic mass is 9.99. The van der Waals surface area contributed by atoms with Crippen molar-refractivity contribution >= 4 is 223 Å². The van der Waals surface area contributed by atoms with E-state index in [9.17, 15) is 0 Å². The van der Waals surface area contributed by atoms with Crippen LogP contribution in [0.5, 0.6) is 0 Å². The number of thiophene rings is 5. The third-order valence-corrected chi connectivity index (χ3v) is 28.7. The highest BCUT2D eigenvalue weighted by Gasteiger charge is 2.15. The number of hydrogen-bond donors (Lipinski definition) is 0. The highest BCUT2D eigenvalue weighted by Crippen LogP contribution is 2.43. The fraction of sp³-hybridized carbons (Fsp3) is 0.0690. The Morgan fingerprint density at radius 3 is 1.18 bits per heavy atom. The minimum atomic E-state index is 0.966. The zero-order chi connectivity index (χ0) is 84.3. The summed E-state index contributed by atoms with van der Waals surface area (Å²) in [5.74, 6) is 0. The maximum Gasteiger partial charge on any atom is 0.135 e. The topological polar surface area (TPSA) is 39.4 Å². The van der Waals surface area contributed by atoms with Crippen LogP contribution in [0, 0.1) is 55.4 Å². The Morgan fingerprint density at radius 1 is 0.161 bits per heavy atom. The van der Waals surface area contributed by atoms with E-state index < -0.39 is 0 Å². The molecule has 0 radical (unpaired) electrons. The van der Waals surface area contributed by atoms with Gasteiger partial charge in [0.25, 0.3) is 0 Å². The Hall–Kier alpha value is -13.5. The van der Waals surface area contributed by atoms with Gasteiger partial charge >= 0.3 is 0 Å². The molecule has 8 heterocycles. The van der Waals surface area contributed by atoms with E-state index in [-0.39, 0.29) is 0 Å². The second kappa shape index (κ2) is 35.5. The lowest BCUT2D eigenvalue weighted by Crippen LogP contribution is -1.82. The van der Waals surface area contributed by atoms with E-state index in [2.05, 4.69) is 371 Å². The highest BCUT2D eigenvalue weighted by molar-refractivity contribution is 7.27. The summed E-state index contributed by atoms with van der Waals surface area (Å²) in [7, 11) is 0. The number of benzene rings is 18. The van der Waals surface area contributed by atoms with Gasteiger partial charge in [-0.25, -0.2) is 0 Å². The van der Waals surface area contributed by atoms with Gasteiger partial charge in [-0.15, -0.1) is 56.7 Å². The molecule has 0 spiro atoms. The molecule has 0 aliphatic heterocycles. The van der Waals surface area contributed by atoms with Crippen molar-refractivity contribution in [3.8, 4) is 22.3 Å². The van der Waals surface area contributed by atoms with Crippen LogP contribution in [0.15, 0.2) is 401 Å². The molecule has 8 heteroatoms. The molecule has 26 rings (SSSR count). The van der Waals surface area contributed by atoms with Gasteiger partial charge in [0.15, 0.2) is 0 Å². The van der Waals surface area contributed by atoms with Crippen LogP contribution in [0.3, 0.4) is 0 Å². The van der Waals surface area contributed by atoms with E-state index in [4.69, 9.17) is 13.3 Å². The van der Waals surface area contributed by atoms with Crippen LogP contribution in [0.2, 0.25) is 0 Å². The molecule has 0 bridgehead atoms. The van der Waals surface area contributed by atoms with Gasteiger partial charge in [0.1, 0.15) is 33.5 Å². The van der Waals surface area contributed by atoms with E-state index in [1.165, 1.54) is 200 Å². The molecule has 8 aromatic heterocycles. The summed E-state index contributed by atoms with van der Waals surface area (Å²) < 4.78 is 31.0. The first-order chi connectivity index (χ1) is 60.7. The Morgan fingerprint density at radius 2 is 0.516 bits per heavy atom. The maximum absolute atomic E-state index is 5.73. The number of fused-ring (bicyclic) bond motifs is 24. The van der Waals surface area contributed by atoms with E-state index in [1.807, 2.05) is 129 Å². The second-order valence-electron chi connectivity index (χ2n) is 31.8. The van der Waals surface area contributed by atoms with Crippen molar-refractivity contribution in [2.45, 2.75) is 55.4 Å². The lowest BCUT2D eigenvalue weighted by Gasteiger charge is -2.06. The Bertz CT molecular complexity index is 8040. The predicted molar refractivity (Wildman–Crippen MR) is 547 cm³/mol. The van der Waals surface area contributed by atoms with E-state index >= 15 is 0 Å². The van der Waals surface area contributed by atoms with Crippen molar-refractivity contribution in [2.24, 2.45) is 0 Å². The first-order valence-electron chi connectivity index (χ1n) is 42.0. The molecule has 0 amide bonds. The molecule has 0 saturated heterocycles. The van der Waals surface area contributed by atoms with Gasteiger partial charge in [-0.05, 0) is 215 Å². The third-order valence-electron chi connectivity index (χ3n) is 22.9. The van der Waals surface area contributed by atoms with Crippen molar-refractivity contribution in [1.29, 1.82) is 0 Å². The number of hydrogen-bond acceptors (Lipinski definition) is 8. The molecule has 0 saturated carbocycles. The Balaban J connectivity index is 0.0000000934. The van der Waals surface area contributed by atoms with Crippen molar-refractivity contribution in [3.05, 3.63) is 433 Å². The summed E-state index contributed by atoms with van der Waals surface area (Å²) in [4.78, 5) is 0. The smallest absolute Gasteiger partial charge is 0.135 e. The largest absolute Gasteiger partial charge is 0.456 e. The van der Waals surface area contributed by atoms with Crippen LogP contribution in [0.1, 0.15) is 44.5 Å². The van der Waals surface area contributed by atoms with E-state index in [0.717, 1.165) is 33.5 Å². The molecule has 0 aliphatic rings. The highest BCUT2D eigenvalue weighted by atomic mass is 32.1. The average Bonchev–Trinajstić information content (AvgIpc) is 1.67. The van der Waals surface area contributed by atoms with Crippen LogP contribution >= 0.6 is 56.7 Å². The van der Waals surface area contributed by atoms with Crippen LogP contribution < -0.4 is 0 Å².